The number of rotatable bonds is 5. The predicted molar refractivity (Wildman–Crippen MR) is 88.7 cm³/mol. The van der Waals surface area contributed by atoms with E-state index >= 15 is 0 Å². The number of nitro benzene ring substituents is 1. The van der Waals surface area contributed by atoms with Crippen molar-refractivity contribution in [3.63, 3.8) is 0 Å². The minimum Gasteiger partial charge on any atom is -0.267 e. The second-order valence-electron chi connectivity index (χ2n) is 5.33. The molecule has 0 saturated carbocycles. The van der Waals surface area contributed by atoms with Crippen molar-refractivity contribution in [1.82, 2.24) is 5.43 Å². The molecule has 0 aliphatic carbocycles. The van der Waals surface area contributed by atoms with Gasteiger partial charge in [-0.25, -0.2) is 5.43 Å². The van der Waals surface area contributed by atoms with Gasteiger partial charge < -0.3 is 0 Å². The first-order chi connectivity index (χ1) is 11.0. The molecule has 0 radical (unpaired) electrons. The summed E-state index contributed by atoms with van der Waals surface area (Å²) in [4.78, 5) is 22.2. The van der Waals surface area contributed by atoms with Crippen molar-refractivity contribution in [2.24, 2.45) is 5.10 Å². The average Bonchev–Trinajstić information content (AvgIpc) is 2.55. The summed E-state index contributed by atoms with van der Waals surface area (Å²) < 4.78 is 0. The van der Waals surface area contributed by atoms with Crippen LogP contribution >= 0.6 is 0 Å². The van der Waals surface area contributed by atoms with Crippen molar-refractivity contribution in [3.05, 3.63) is 75.3 Å². The zero-order chi connectivity index (χ0) is 16.8. The van der Waals surface area contributed by atoms with Crippen LogP contribution in [0.3, 0.4) is 0 Å². The molecule has 0 unspecified atom stereocenters. The predicted octanol–water partition coefficient (Wildman–Crippen LogP) is 3.48. The summed E-state index contributed by atoms with van der Waals surface area (Å²) in [7, 11) is 0. The maximum Gasteiger partial charge on any atom is 0.271 e. The Labute approximate surface area is 134 Å². The fraction of sp³-hybridized carbons (Fsp3) is 0.176. The van der Waals surface area contributed by atoms with E-state index in [0.29, 0.717) is 17.0 Å². The van der Waals surface area contributed by atoms with E-state index < -0.39 is 4.92 Å². The van der Waals surface area contributed by atoms with Gasteiger partial charge in [0, 0.05) is 23.3 Å². The summed E-state index contributed by atoms with van der Waals surface area (Å²) in [5.41, 5.74) is 4.58. The van der Waals surface area contributed by atoms with E-state index in [1.807, 2.05) is 12.1 Å². The number of nitrogens with one attached hydrogen (secondary N) is 1. The van der Waals surface area contributed by atoms with Gasteiger partial charge in [-0.3, -0.25) is 14.9 Å². The van der Waals surface area contributed by atoms with Crippen LogP contribution in [0.15, 0.2) is 53.6 Å². The molecule has 0 fully saturated rings. The number of hydrogen-bond acceptors (Lipinski definition) is 4. The normalized spacial score (nSPS) is 10.9. The van der Waals surface area contributed by atoms with E-state index in [4.69, 9.17) is 0 Å². The molecule has 0 aliphatic rings. The van der Waals surface area contributed by atoms with Crippen LogP contribution in [0.25, 0.3) is 0 Å². The largest absolute Gasteiger partial charge is 0.271 e. The molecular weight excluding hydrogens is 294 g/mol. The van der Waals surface area contributed by atoms with Crippen LogP contribution in [0.2, 0.25) is 0 Å². The van der Waals surface area contributed by atoms with Crippen molar-refractivity contribution in [2.75, 3.05) is 0 Å². The zero-order valence-electron chi connectivity index (χ0n) is 12.9. The van der Waals surface area contributed by atoms with Crippen molar-refractivity contribution in [2.45, 2.75) is 19.8 Å². The van der Waals surface area contributed by atoms with Gasteiger partial charge in [0.1, 0.15) is 0 Å². The third-order valence-electron chi connectivity index (χ3n) is 3.30. The Hall–Kier alpha value is -3.02. The molecule has 0 aliphatic heterocycles. The number of non-ortho nitro benzene ring substituents is 1. The molecule has 0 aromatic heterocycles. The fourth-order valence-electron chi connectivity index (χ4n) is 1.97. The minimum atomic E-state index is -0.480. The van der Waals surface area contributed by atoms with Crippen LogP contribution in [-0.4, -0.2) is 17.0 Å². The molecule has 2 aromatic rings. The highest BCUT2D eigenvalue weighted by molar-refractivity contribution is 5.94. The number of amides is 1. The van der Waals surface area contributed by atoms with Crippen LogP contribution in [0, 0.1) is 10.1 Å². The van der Waals surface area contributed by atoms with E-state index in [1.165, 1.54) is 18.3 Å². The number of hydrazone groups is 1. The number of benzene rings is 2. The Morgan fingerprint density at radius 3 is 2.52 bits per heavy atom. The lowest BCUT2D eigenvalue weighted by Gasteiger charge is -2.05. The lowest BCUT2D eigenvalue weighted by molar-refractivity contribution is -0.384. The van der Waals surface area contributed by atoms with Crippen LogP contribution in [0.5, 0.6) is 0 Å². The molecule has 0 saturated heterocycles. The molecule has 6 nitrogen and oxygen atoms in total. The third-order valence-corrected chi connectivity index (χ3v) is 3.30. The van der Waals surface area contributed by atoms with Gasteiger partial charge in [0.05, 0.1) is 11.1 Å². The van der Waals surface area contributed by atoms with Crippen LogP contribution in [0.1, 0.15) is 41.3 Å². The third kappa shape index (κ3) is 4.47. The monoisotopic (exact) mass is 311 g/mol. The highest BCUT2D eigenvalue weighted by Gasteiger charge is 2.06. The summed E-state index contributed by atoms with van der Waals surface area (Å²) in [6, 6.07) is 13.3. The van der Waals surface area contributed by atoms with E-state index in [2.05, 4.69) is 24.4 Å². The van der Waals surface area contributed by atoms with Gasteiger partial charge in [-0.2, -0.15) is 5.10 Å². The maximum absolute atomic E-state index is 12.0. The second-order valence-corrected chi connectivity index (χ2v) is 5.33. The summed E-state index contributed by atoms with van der Waals surface area (Å²) in [6.45, 7) is 4.16. The number of hydrogen-bond donors (Lipinski definition) is 1. The van der Waals surface area contributed by atoms with Crippen LogP contribution < -0.4 is 5.43 Å². The van der Waals surface area contributed by atoms with Gasteiger partial charge in [-0.1, -0.05) is 38.1 Å². The van der Waals surface area contributed by atoms with Gasteiger partial charge in [-0.15, -0.1) is 0 Å². The van der Waals surface area contributed by atoms with Gasteiger partial charge in [0.25, 0.3) is 11.6 Å². The van der Waals surface area contributed by atoms with Crippen LogP contribution in [-0.2, 0) is 0 Å². The van der Waals surface area contributed by atoms with Gasteiger partial charge in [-0.05, 0) is 23.6 Å². The molecule has 2 rings (SSSR count). The molecular formula is C17H17N3O3. The number of nitrogens with zero attached hydrogens (tertiary/aromatic N) is 2. The van der Waals surface area contributed by atoms with E-state index in [0.717, 1.165) is 5.56 Å². The topological polar surface area (TPSA) is 84.6 Å². The molecule has 118 valence electrons. The SMILES string of the molecule is CC(C)c1ccc(C(=O)N/N=C/c2cccc([N+](=O)[O-])c2)cc1. The molecule has 23 heavy (non-hydrogen) atoms. The molecule has 0 bridgehead atoms. The van der Waals surface area contributed by atoms with Gasteiger partial charge >= 0.3 is 0 Å². The van der Waals surface area contributed by atoms with Crippen molar-refractivity contribution >= 4 is 17.8 Å². The molecule has 0 atom stereocenters. The Morgan fingerprint density at radius 2 is 1.91 bits per heavy atom. The second kappa shape index (κ2) is 7.31. The first-order valence-corrected chi connectivity index (χ1v) is 7.15. The van der Waals surface area contributed by atoms with Crippen LogP contribution in [0.4, 0.5) is 5.69 Å². The molecule has 0 spiro atoms. The first-order valence-electron chi connectivity index (χ1n) is 7.15. The Bertz CT molecular complexity index is 737. The Kier molecular flexibility index (Phi) is 5.19. The maximum atomic E-state index is 12.0. The Balaban J connectivity index is 2.01. The molecule has 6 heteroatoms. The smallest absolute Gasteiger partial charge is 0.267 e. The van der Waals surface area contributed by atoms with Crippen molar-refractivity contribution in [3.8, 4) is 0 Å². The summed E-state index contributed by atoms with van der Waals surface area (Å²) in [5.74, 6) is 0.0704. The Morgan fingerprint density at radius 1 is 1.22 bits per heavy atom. The number of nitro groups is 1. The highest BCUT2D eigenvalue weighted by Crippen LogP contribution is 2.14. The fourth-order valence-corrected chi connectivity index (χ4v) is 1.97. The van der Waals surface area contributed by atoms with E-state index in [9.17, 15) is 14.9 Å². The molecule has 1 amide bonds. The number of carbonyl (C=O) groups is 1. The number of carbonyl (C=O) groups excluding carboxylic acids is 1. The first kappa shape index (κ1) is 16.4. The van der Waals surface area contributed by atoms with E-state index in [1.54, 1.807) is 24.3 Å². The molecule has 0 heterocycles. The molecule has 1 N–H and O–H groups in total. The standard InChI is InChI=1S/C17H17N3O3/c1-12(2)14-6-8-15(9-7-14)17(21)19-18-11-13-4-3-5-16(10-13)20(22)23/h3-12H,1-2H3,(H,19,21)/b18-11+. The quantitative estimate of drug-likeness (QED) is 0.521. The van der Waals surface area contributed by atoms with Crippen molar-refractivity contribution < 1.29 is 9.72 Å². The lowest BCUT2D eigenvalue weighted by atomic mass is 10.0. The summed E-state index contributed by atoms with van der Waals surface area (Å²) in [6.07, 6.45) is 1.37. The summed E-state index contributed by atoms with van der Waals surface area (Å²) in [5, 5.41) is 14.5. The highest BCUT2D eigenvalue weighted by atomic mass is 16.6. The molecule has 2 aromatic carbocycles. The average molecular weight is 311 g/mol. The van der Waals surface area contributed by atoms with Gasteiger partial charge in [0.2, 0.25) is 0 Å². The minimum absolute atomic E-state index is 0.0236. The summed E-state index contributed by atoms with van der Waals surface area (Å²) >= 11 is 0. The zero-order valence-corrected chi connectivity index (χ0v) is 12.9. The van der Waals surface area contributed by atoms with E-state index in [-0.39, 0.29) is 11.6 Å². The van der Waals surface area contributed by atoms with Crippen molar-refractivity contribution in [1.29, 1.82) is 0 Å². The lowest BCUT2D eigenvalue weighted by Crippen LogP contribution is -2.17. The van der Waals surface area contributed by atoms with Gasteiger partial charge in [0.15, 0.2) is 0 Å².